The fourth-order valence-corrected chi connectivity index (χ4v) is 6.04. The van der Waals surface area contributed by atoms with E-state index < -0.39 is 18.2 Å². The third-order valence-electron chi connectivity index (χ3n) is 9.35. The first-order valence-corrected chi connectivity index (χ1v) is 22.1. The van der Waals surface area contributed by atoms with Gasteiger partial charge in [0.1, 0.15) is 6.10 Å². The minimum atomic E-state index is -0.812. The Morgan fingerprint density at radius 2 is 1.00 bits per heavy atom. The molecule has 6 heteroatoms. The molecule has 0 fully saturated rings. The van der Waals surface area contributed by atoms with Gasteiger partial charge in [-0.1, -0.05) is 201 Å². The Morgan fingerprint density at radius 3 is 1.53 bits per heavy atom. The molecule has 0 aliphatic rings. The van der Waals surface area contributed by atoms with Gasteiger partial charge in [-0.2, -0.15) is 0 Å². The summed E-state index contributed by atoms with van der Waals surface area (Å²) >= 11 is 0. The quantitative estimate of drug-likeness (QED) is 0.0333. The summed E-state index contributed by atoms with van der Waals surface area (Å²) in [4.78, 5) is 25.9. The van der Waals surface area contributed by atoms with Crippen molar-refractivity contribution in [3.05, 3.63) is 97.2 Å². The van der Waals surface area contributed by atoms with E-state index in [2.05, 4.69) is 62.5 Å². The van der Waals surface area contributed by atoms with E-state index in [1.54, 1.807) is 0 Å². The Morgan fingerprint density at radius 1 is 0.545 bits per heavy atom. The van der Waals surface area contributed by atoms with Crippen LogP contribution in [0.3, 0.4) is 0 Å². The van der Waals surface area contributed by atoms with E-state index in [1.807, 2.05) is 60.8 Å². The Bertz CT molecular complexity index is 1130. The summed E-state index contributed by atoms with van der Waals surface area (Å²) < 4.78 is 5.84. The number of hydrogen-bond donors (Lipinski definition) is 3. The Balaban J connectivity index is 4.74. The lowest BCUT2D eigenvalue weighted by Crippen LogP contribution is -2.46. The Hall–Kier alpha value is -3.22. The highest BCUT2D eigenvalue weighted by atomic mass is 16.5. The molecule has 0 spiro atoms. The highest BCUT2D eigenvalue weighted by Crippen LogP contribution is 2.16. The third kappa shape index (κ3) is 37.5. The van der Waals surface area contributed by atoms with Gasteiger partial charge in [-0.05, 0) is 57.8 Å². The second-order valence-electron chi connectivity index (χ2n) is 14.5. The molecule has 3 atom stereocenters. The summed E-state index contributed by atoms with van der Waals surface area (Å²) in [6.45, 7) is 6.13. The number of carbonyl (C=O) groups excluding carboxylic acids is 2. The summed E-state index contributed by atoms with van der Waals surface area (Å²) in [5.41, 5.74) is 0. The van der Waals surface area contributed by atoms with E-state index >= 15 is 0 Å². The second-order valence-corrected chi connectivity index (χ2v) is 14.5. The fourth-order valence-electron chi connectivity index (χ4n) is 6.04. The number of rotatable bonds is 37. The van der Waals surface area contributed by atoms with E-state index in [0.717, 1.165) is 83.5 Å². The van der Waals surface area contributed by atoms with E-state index in [4.69, 9.17) is 4.74 Å². The lowest BCUT2D eigenvalue weighted by atomic mass is 10.0. The van der Waals surface area contributed by atoms with Crippen LogP contribution >= 0.6 is 0 Å². The molecule has 0 rings (SSSR count). The maximum Gasteiger partial charge on any atom is 0.306 e. The van der Waals surface area contributed by atoms with Gasteiger partial charge in [-0.25, -0.2) is 0 Å². The summed E-state index contributed by atoms with van der Waals surface area (Å²) in [6, 6.07) is -0.731. The van der Waals surface area contributed by atoms with Crippen LogP contribution in [0.5, 0.6) is 0 Å². The van der Waals surface area contributed by atoms with Crippen molar-refractivity contribution in [1.82, 2.24) is 5.32 Å². The van der Waals surface area contributed by atoms with Gasteiger partial charge in [0.05, 0.1) is 25.2 Å². The molecule has 0 heterocycles. The number of unbranched alkanes of at least 4 members (excludes halogenated alkanes) is 15. The smallest absolute Gasteiger partial charge is 0.306 e. The van der Waals surface area contributed by atoms with Crippen LogP contribution in [0.2, 0.25) is 0 Å². The number of aliphatic hydroxyl groups is 2. The minimum Gasteiger partial charge on any atom is -0.462 e. The highest BCUT2D eigenvalue weighted by Gasteiger charge is 2.23. The average Bonchev–Trinajstić information content (AvgIpc) is 3.18. The van der Waals surface area contributed by atoms with E-state index in [1.165, 1.54) is 44.9 Å². The molecule has 3 unspecified atom stereocenters. The van der Waals surface area contributed by atoms with Gasteiger partial charge in [0.2, 0.25) is 5.91 Å². The molecule has 0 aromatic carbocycles. The number of hydrogen-bond acceptors (Lipinski definition) is 5. The molecule has 0 saturated heterocycles. The zero-order valence-corrected chi connectivity index (χ0v) is 35.3. The van der Waals surface area contributed by atoms with Gasteiger partial charge >= 0.3 is 5.97 Å². The van der Waals surface area contributed by atoms with Crippen molar-refractivity contribution in [2.24, 2.45) is 0 Å². The van der Waals surface area contributed by atoms with Crippen LogP contribution in [-0.4, -0.2) is 46.9 Å². The summed E-state index contributed by atoms with van der Waals surface area (Å²) in [7, 11) is 0. The molecule has 1 amide bonds. The largest absolute Gasteiger partial charge is 0.462 e. The van der Waals surface area contributed by atoms with Gasteiger partial charge in [-0.15, -0.1) is 0 Å². The van der Waals surface area contributed by atoms with Gasteiger partial charge < -0.3 is 20.3 Å². The first-order chi connectivity index (χ1) is 27.0. The minimum absolute atomic E-state index is 0.0157. The summed E-state index contributed by atoms with van der Waals surface area (Å²) in [6.07, 6.45) is 54.7. The zero-order valence-electron chi connectivity index (χ0n) is 35.3. The molecular formula is C49H81NO5. The van der Waals surface area contributed by atoms with Crippen LogP contribution in [0.25, 0.3) is 0 Å². The molecule has 0 aromatic rings. The van der Waals surface area contributed by atoms with Crippen LogP contribution in [0.1, 0.15) is 175 Å². The number of ether oxygens (including phenoxy) is 1. The van der Waals surface area contributed by atoms with Crippen molar-refractivity contribution in [3.8, 4) is 0 Å². The number of allylic oxidation sites excluding steroid dienone is 16. The van der Waals surface area contributed by atoms with Crippen molar-refractivity contribution in [3.63, 3.8) is 0 Å². The molecule has 0 saturated carbocycles. The normalized spacial score (nSPS) is 14.3. The van der Waals surface area contributed by atoms with Crippen molar-refractivity contribution in [2.75, 3.05) is 6.61 Å². The number of carbonyl (C=O) groups is 2. The summed E-state index contributed by atoms with van der Waals surface area (Å²) in [5, 5.41) is 23.5. The molecule has 0 aliphatic carbocycles. The predicted octanol–water partition coefficient (Wildman–Crippen LogP) is 12.6. The monoisotopic (exact) mass is 764 g/mol. The molecule has 0 aliphatic heterocycles. The van der Waals surface area contributed by atoms with Gasteiger partial charge in [0.15, 0.2) is 0 Å². The van der Waals surface area contributed by atoms with Crippen LogP contribution < -0.4 is 5.32 Å². The Kier molecular flexibility index (Phi) is 39.5. The molecule has 55 heavy (non-hydrogen) atoms. The fraction of sp³-hybridized carbons (Fsp3) is 0.633. The first-order valence-electron chi connectivity index (χ1n) is 22.1. The molecule has 312 valence electrons. The first kappa shape index (κ1) is 51.8. The van der Waals surface area contributed by atoms with Crippen molar-refractivity contribution in [1.29, 1.82) is 0 Å². The Labute approximate surface area is 337 Å². The molecule has 3 N–H and O–H groups in total. The average molecular weight is 764 g/mol. The van der Waals surface area contributed by atoms with Crippen LogP contribution in [0.4, 0.5) is 0 Å². The van der Waals surface area contributed by atoms with Crippen molar-refractivity contribution in [2.45, 2.75) is 193 Å². The molecule has 0 bridgehead atoms. The van der Waals surface area contributed by atoms with Gasteiger partial charge in [0.25, 0.3) is 0 Å². The van der Waals surface area contributed by atoms with Gasteiger partial charge in [0, 0.05) is 6.42 Å². The van der Waals surface area contributed by atoms with Crippen LogP contribution in [0, 0.1) is 0 Å². The van der Waals surface area contributed by atoms with Crippen molar-refractivity contribution < 1.29 is 24.5 Å². The lowest BCUT2D eigenvalue weighted by molar-refractivity contribution is -0.151. The topological polar surface area (TPSA) is 95.9 Å². The maximum atomic E-state index is 13.1. The molecule has 6 nitrogen and oxygen atoms in total. The van der Waals surface area contributed by atoms with Crippen LogP contribution in [0.15, 0.2) is 97.2 Å². The number of amides is 1. The molecule has 0 radical (unpaired) electrons. The number of nitrogens with one attached hydrogen (secondary N) is 1. The maximum absolute atomic E-state index is 13.1. The second kappa shape index (κ2) is 41.9. The molecule has 0 aromatic heterocycles. The number of esters is 1. The van der Waals surface area contributed by atoms with E-state index in [9.17, 15) is 19.8 Å². The van der Waals surface area contributed by atoms with Crippen LogP contribution in [-0.2, 0) is 14.3 Å². The predicted molar refractivity (Wildman–Crippen MR) is 236 cm³/mol. The lowest BCUT2D eigenvalue weighted by Gasteiger charge is -2.24. The molecular weight excluding hydrogens is 683 g/mol. The van der Waals surface area contributed by atoms with Crippen molar-refractivity contribution >= 4 is 11.9 Å². The summed E-state index contributed by atoms with van der Waals surface area (Å²) in [5.74, 6) is -0.583. The SMILES string of the molecule is CC/C=C/C=C/C=C\C=C/CCCC(CC(=O)NC(CO)C(O)CCCCCCCCCCCC)OC(=O)CCCCCCC\C=C/C=C/C=C/C=C/CC. The highest BCUT2D eigenvalue weighted by molar-refractivity contribution is 5.77. The zero-order chi connectivity index (χ0) is 40.3. The number of aliphatic hydroxyl groups excluding tert-OH is 2. The van der Waals surface area contributed by atoms with E-state index in [-0.39, 0.29) is 24.9 Å². The van der Waals surface area contributed by atoms with Gasteiger partial charge in [-0.3, -0.25) is 9.59 Å². The van der Waals surface area contributed by atoms with E-state index in [0.29, 0.717) is 19.3 Å². The third-order valence-corrected chi connectivity index (χ3v) is 9.35. The standard InChI is InChI=1S/C49H81NO5/c1-4-7-10-13-16-19-22-23-24-25-27-30-33-36-39-42-49(54)55-45(40-37-34-31-28-26-20-17-14-11-8-5-2)43-48(53)50-46(44-51)47(52)41-38-35-32-29-21-18-15-12-9-6-3/h7-8,10-11,13-14,16-17,19-20,22-24,26,28,31,45-47,51-52H,4-6,9,12,15,18,21,25,27,29-30,32-44H2,1-3H3,(H,50,53)/b10-7+,11-8+,16-13+,17-14+,22-19+,24-23-,26-20-,31-28-.